The minimum absolute atomic E-state index is 0.141. The molecule has 1 saturated heterocycles. The van der Waals surface area contributed by atoms with E-state index in [0.717, 1.165) is 31.5 Å². The van der Waals surface area contributed by atoms with Gasteiger partial charge in [0.1, 0.15) is 5.82 Å². The molecule has 0 spiro atoms. The maximum Gasteiger partial charge on any atom is 0.123 e. The summed E-state index contributed by atoms with van der Waals surface area (Å²) < 4.78 is 13.0. The fourth-order valence-corrected chi connectivity index (χ4v) is 1.99. The normalized spacial score (nSPS) is 19.9. The van der Waals surface area contributed by atoms with Crippen LogP contribution in [0.1, 0.15) is 24.3 Å². The van der Waals surface area contributed by atoms with Crippen molar-refractivity contribution in [1.29, 1.82) is 0 Å². The van der Waals surface area contributed by atoms with Crippen LogP contribution in [0.15, 0.2) is 24.3 Å². The van der Waals surface area contributed by atoms with E-state index in [-0.39, 0.29) is 5.82 Å². The zero-order valence-corrected chi connectivity index (χ0v) is 8.12. The summed E-state index contributed by atoms with van der Waals surface area (Å²) in [5.41, 5.74) is 1.11. The second-order valence-corrected chi connectivity index (χ2v) is 3.87. The topological polar surface area (TPSA) is 29.3 Å². The predicted octanol–water partition coefficient (Wildman–Crippen LogP) is 1.88. The number of hydrogen-bond donors (Lipinski definition) is 1. The third-order valence-electron chi connectivity index (χ3n) is 2.85. The van der Waals surface area contributed by atoms with E-state index in [9.17, 15) is 4.39 Å². The molecule has 1 heterocycles. The third kappa shape index (κ3) is 2.11. The summed E-state index contributed by atoms with van der Waals surface area (Å²) in [5.74, 6) is 6.00. The lowest BCUT2D eigenvalue weighted by Crippen LogP contribution is -2.38. The smallest absolute Gasteiger partial charge is 0.123 e. The molecule has 76 valence electrons. The maximum atomic E-state index is 13.0. The Morgan fingerprint density at radius 2 is 2.00 bits per heavy atom. The molecule has 2 rings (SSSR count). The first-order valence-corrected chi connectivity index (χ1v) is 5.01. The second kappa shape index (κ2) is 4.07. The van der Waals surface area contributed by atoms with E-state index in [4.69, 9.17) is 5.84 Å². The van der Waals surface area contributed by atoms with Crippen LogP contribution in [0.25, 0.3) is 0 Å². The van der Waals surface area contributed by atoms with Gasteiger partial charge in [-0.1, -0.05) is 12.1 Å². The van der Waals surface area contributed by atoms with Gasteiger partial charge in [-0.05, 0) is 36.5 Å². The molecule has 3 heteroatoms. The SMILES string of the molecule is NN1CCC(c2cccc(F)c2)CC1. The highest BCUT2D eigenvalue weighted by atomic mass is 19.1. The molecule has 14 heavy (non-hydrogen) atoms. The molecule has 0 aromatic heterocycles. The van der Waals surface area contributed by atoms with E-state index in [1.165, 1.54) is 6.07 Å². The number of nitrogens with two attached hydrogens (primary N) is 1. The minimum Gasteiger partial charge on any atom is -0.269 e. The zero-order valence-electron chi connectivity index (χ0n) is 8.12. The molecule has 0 bridgehead atoms. The summed E-state index contributed by atoms with van der Waals surface area (Å²) >= 11 is 0. The lowest BCUT2D eigenvalue weighted by Gasteiger charge is -2.28. The van der Waals surface area contributed by atoms with Crippen LogP contribution in [-0.2, 0) is 0 Å². The first-order chi connectivity index (χ1) is 6.75. The molecule has 2 nitrogen and oxygen atoms in total. The van der Waals surface area contributed by atoms with Gasteiger partial charge in [0.15, 0.2) is 0 Å². The molecule has 1 fully saturated rings. The largest absolute Gasteiger partial charge is 0.269 e. The molecule has 1 aromatic rings. The van der Waals surface area contributed by atoms with Gasteiger partial charge in [0.05, 0.1) is 0 Å². The van der Waals surface area contributed by atoms with Crippen molar-refractivity contribution in [3.05, 3.63) is 35.6 Å². The van der Waals surface area contributed by atoms with Gasteiger partial charge in [0.25, 0.3) is 0 Å². The molecule has 0 atom stereocenters. The van der Waals surface area contributed by atoms with Crippen molar-refractivity contribution in [2.45, 2.75) is 18.8 Å². The van der Waals surface area contributed by atoms with Crippen molar-refractivity contribution in [3.63, 3.8) is 0 Å². The Morgan fingerprint density at radius 1 is 1.29 bits per heavy atom. The zero-order chi connectivity index (χ0) is 9.97. The highest BCUT2D eigenvalue weighted by molar-refractivity contribution is 5.21. The van der Waals surface area contributed by atoms with Gasteiger partial charge in [0, 0.05) is 13.1 Å². The van der Waals surface area contributed by atoms with Gasteiger partial charge >= 0.3 is 0 Å². The minimum atomic E-state index is -0.141. The first kappa shape index (κ1) is 9.62. The summed E-state index contributed by atoms with van der Waals surface area (Å²) in [7, 11) is 0. The fraction of sp³-hybridized carbons (Fsp3) is 0.455. The Labute approximate surface area is 83.5 Å². The van der Waals surface area contributed by atoms with Gasteiger partial charge in [-0.2, -0.15) is 0 Å². The number of hydrazine groups is 1. The van der Waals surface area contributed by atoms with Crippen LogP contribution in [0, 0.1) is 5.82 Å². The Morgan fingerprint density at radius 3 is 2.64 bits per heavy atom. The van der Waals surface area contributed by atoms with Gasteiger partial charge in [-0.3, -0.25) is 5.84 Å². The van der Waals surface area contributed by atoms with Crippen LogP contribution in [0.5, 0.6) is 0 Å². The van der Waals surface area contributed by atoms with Crippen LogP contribution < -0.4 is 5.84 Å². The average Bonchev–Trinajstić information content (AvgIpc) is 2.19. The van der Waals surface area contributed by atoms with Crippen molar-refractivity contribution < 1.29 is 4.39 Å². The number of halogens is 1. The maximum absolute atomic E-state index is 13.0. The lowest BCUT2D eigenvalue weighted by molar-refractivity contribution is 0.217. The summed E-state index contributed by atoms with van der Waals surface area (Å²) in [6.45, 7) is 1.81. The molecule has 2 N–H and O–H groups in total. The van der Waals surface area contributed by atoms with Crippen LogP contribution in [0.4, 0.5) is 4.39 Å². The molecular weight excluding hydrogens is 179 g/mol. The Hall–Kier alpha value is -0.930. The van der Waals surface area contributed by atoms with Crippen molar-refractivity contribution in [2.75, 3.05) is 13.1 Å². The van der Waals surface area contributed by atoms with Gasteiger partial charge in [-0.15, -0.1) is 0 Å². The Balaban J connectivity index is 2.08. The summed E-state index contributed by atoms with van der Waals surface area (Å²) in [6.07, 6.45) is 2.06. The van der Waals surface area contributed by atoms with E-state index in [1.807, 2.05) is 11.1 Å². The van der Waals surface area contributed by atoms with E-state index < -0.39 is 0 Å². The third-order valence-corrected chi connectivity index (χ3v) is 2.85. The number of benzene rings is 1. The van der Waals surface area contributed by atoms with Crippen LogP contribution in [0.3, 0.4) is 0 Å². The van der Waals surface area contributed by atoms with Gasteiger partial charge in [0.2, 0.25) is 0 Å². The van der Waals surface area contributed by atoms with Crippen molar-refractivity contribution >= 4 is 0 Å². The standard InChI is InChI=1S/C11H15FN2/c12-11-3-1-2-10(8-11)9-4-6-14(13)7-5-9/h1-3,8-9H,4-7,13H2. The Kier molecular flexibility index (Phi) is 2.79. The highest BCUT2D eigenvalue weighted by Crippen LogP contribution is 2.27. The number of rotatable bonds is 1. The number of piperidine rings is 1. The Bertz CT molecular complexity index is 306. The van der Waals surface area contributed by atoms with E-state index in [2.05, 4.69) is 0 Å². The van der Waals surface area contributed by atoms with Crippen LogP contribution in [0.2, 0.25) is 0 Å². The molecule has 1 aromatic carbocycles. The van der Waals surface area contributed by atoms with Gasteiger partial charge < -0.3 is 0 Å². The van der Waals surface area contributed by atoms with E-state index in [0.29, 0.717) is 5.92 Å². The fourth-order valence-electron chi connectivity index (χ4n) is 1.99. The first-order valence-electron chi connectivity index (χ1n) is 5.01. The molecule has 0 aliphatic carbocycles. The van der Waals surface area contributed by atoms with Crippen molar-refractivity contribution in [2.24, 2.45) is 5.84 Å². The van der Waals surface area contributed by atoms with Crippen LogP contribution >= 0.6 is 0 Å². The van der Waals surface area contributed by atoms with Crippen LogP contribution in [-0.4, -0.2) is 18.1 Å². The molecule has 0 amide bonds. The molecule has 1 aliphatic rings. The predicted molar refractivity (Wildman–Crippen MR) is 54.1 cm³/mol. The van der Waals surface area contributed by atoms with Crippen molar-refractivity contribution in [1.82, 2.24) is 5.01 Å². The molecule has 1 aliphatic heterocycles. The lowest BCUT2D eigenvalue weighted by atomic mass is 9.90. The second-order valence-electron chi connectivity index (χ2n) is 3.87. The van der Waals surface area contributed by atoms with Crippen molar-refractivity contribution in [3.8, 4) is 0 Å². The monoisotopic (exact) mass is 194 g/mol. The summed E-state index contributed by atoms with van der Waals surface area (Å²) in [4.78, 5) is 0. The summed E-state index contributed by atoms with van der Waals surface area (Å²) in [5, 5.41) is 1.83. The van der Waals surface area contributed by atoms with E-state index in [1.54, 1.807) is 12.1 Å². The summed E-state index contributed by atoms with van der Waals surface area (Å²) in [6, 6.07) is 6.90. The number of nitrogens with zero attached hydrogens (tertiary/aromatic N) is 1. The highest BCUT2D eigenvalue weighted by Gasteiger charge is 2.18. The molecular formula is C11H15FN2. The number of hydrogen-bond acceptors (Lipinski definition) is 2. The average molecular weight is 194 g/mol. The molecule has 0 unspecified atom stereocenters. The molecule has 0 radical (unpaired) electrons. The quantitative estimate of drug-likeness (QED) is 0.692. The molecule has 0 saturated carbocycles. The van der Waals surface area contributed by atoms with E-state index >= 15 is 0 Å². The van der Waals surface area contributed by atoms with Gasteiger partial charge in [-0.25, -0.2) is 9.40 Å².